The van der Waals surface area contributed by atoms with Crippen molar-refractivity contribution in [3.63, 3.8) is 0 Å². The van der Waals surface area contributed by atoms with Gasteiger partial charge in [0.15, 0.2) is 0 Å². The number of benzene rings is 2. The summed E-state index contributed by atoms with van der Waals surface area (Å²) in [6.07, 6.45) is 1.78. The maximum Gasteiger partial charge on any atom is 0.241 e. The first-order chi connectivity index (χ1) is 13.6. The quantitative estimate of drug-likeness (QED) is 0.710. The highest BCUT2D eigenvalue weighted by molar-refractivity contribution is 7.92. The van der Waals surface area contributed by atoms with E-state index in [0.717, 1.165) is 27.3 Å². The molecule has 0 radical (unpaired) electrons. The predicted octanol–water partition coefficient (Wildman–Crippen LogP) is 3.65. The molecule has 2 aromatic carbocycles. The van der Waals surface area contributed by atoms with Gasteiger partial charge in [0.05, 0.1) is 25.1 Å². The van der Waals surface area contributed by atoms with E-state index in [1.165, 1.54) is 12.7 Å². The number of anilines is 1. The van der Waals surface area contributed by atoms with Crippen molar-refractivity contribution in [2.45, 2.75) is 40.2 Å². The Morgan fingerprint density at radius 3 is 2.34 bits per heavy atom. The van der Waals surface area contributed by atoms with Crippen LogP contribution in [0.5, 0.6) is 5.75 Å². The molecule has 0 aromatic heterocycles. The molecular weight excluding hydrogens is 388 g/mol. The average Bonchev–Trinajstić information content (AvgIpc) is 2.65. The zero-order valence-electron chi connectivity index (χ0n) is 17.9. The normalized spacial score (nSPS) is 12.3. The molecule has 0 aliphatic heterocycles. The first-order valence-electron chi connectivity index (χ1n) is 9.55. The Hall–Kier alpha value is -2.54. The Morgan fingerprint density at radius 1 is 1.10 bits per heavy atom. The monoisotopic (exact) mass is 418 g/mol. The summed E-state index contributed by atoms with van der Waals surface area (Å²) in [6.45, 7) is 7.59. The second kappa shape index (κ2) is 9.31. The van der Waals surface area contributed by atoms with E-state index in [1.54, 1.807) is 12.1 Å². The summed E-state index contributed by atoms with van der Waals surface area (Å²) in [7, 11) is -2.22. The molecule has 0 bridgehead atoms. The van der Waals surface area contributed by atoms with E-state index in [-0.39, 0.29) is 18.5 Å². The van der Waals surface area contributed by atoms with E-state index in [0.29, 0.717) is 17.9 Å². The number of methoxy groups -OCH3 is 1. The minimum atomic E-state index is -3.69. The molecule has 0 saturated carbocycles. The summed E-state index contributed by atoms with van der Waals surface area (Å²) in [5, 5.41) is 2.97. The number of rotatable bonds is 8. The summed E-state index contributed by atoms with van der Waals surface area (Å²) in [4.78, 5) is 12.8. The van der Waals surface area contributed by atoms with Gasteiger partial charge in [0, 0.05) is 0 Å². The van der Waals surface area contributed by atoms with Crippen molar-refractivity contribution >= 4 is 21.6 Å². The SMILES string of the molecule is CCC(NC(=O)CN(c1cc(C)ccc1OC)S(C)(=O)=O)c1ccc(C)c(C)c1. The van der Waals surface area contributed by atoms with Crippen molar-refractivity contribution in [1.82, 2.24) is 5.32 Å². The summed E-state index contributed by atoms with van der Waals surface area (Å²) in [6, 6.07) is 11.1. The third kappa shape index (κ3) is 5.73. The first kappa shape index (κ1) is 22.7. The van der Waals surface area contributed by atoms with Crippen LogP contribution in [0.4, 0.5) is 5.69 Å². The number of hydrogen-bond acceptors (Lipinski definition) is 4. The first-order valence-corrected chi connectivity index (χ1v) is 11.4. The second-order valence-electron chi connectivity index (χ2n) is 7.32. The molecule has 7 heteroatoms. The molecule has 0 aliphatic carbocycles. The lowest BCUT2D eigenvalue weighted by molar-refractivity contribution is -0.120. The highest BCUT2D eigenvalue weighted by Gasteiger charge is 2.25. The van der Waals surface area contributed by atoms with Crippen LogP contribution in [0.2, 0.25) is 0 Å². The Bertz CT molecular complexity index is 986. The van der Waals surface area contributed by atoms with Gasteiger partial charge in [-0.3, -0.25) is 9.10 Å². The Morgan fingerprint density at radius 2 is 1.79 bits per heavy atom. The molecule has 0 spiro atoms. The molecule has 2 rings (SSSR count). The zero-order valence-corrected chi connectivity index (χ0v) is 18.8. The number of sulfonamides is 1. The summed E-state index contributed by atoms with van der Waals surface area (Å²) >= 11 is 0. The van der Waals surface area contributed by atoms with Gasteiger partial charge in [0.25, 0.3) is 0 Å². The largest absolute Gasteiger partial charge is 0.495 e. The lowest BCUT2D eigenvalue weighted by Gasteiger charge is -2.26. The minimum Gasteiger partial charge on any atom is -0.495 e. The van der Waals surface area contributed by atoms with Gasteiger partial charge < -0.3 is 10.1 Å². The van der Waals surface area contributed by atoms with E-state index < -0.39 is 10.0 Å². The number of carbonyl (C=O) groups is 1. The summed E-state index contributed by atoms with van der Waals surface area (Å²) in [5.41, 5.74) is 4.56. The van der Waals surface area contributed by atoms with Crippen LogP contribution >= 0.6 is 0 Å². The molecule has 1 unspecified atom stereocenters. The van der Waals surface area contributed by atoms with Crippen molar-refractivity contribution in [3.05, 3.63) is 58.7 Å². The fourth-order valence-electron chi connectivity index (χ4n) is 3.15. The van der Waals surface area contributed by atoms with Gasteiger partial charge in [-0.1, -0.05) is 31.2 Å². The van der Waals surface area contributed by atoms with Crippen LogP contribution in [-0.2, 0) is 14.8 Å². The van der Waals surface area contributed by atoms with Gasteiger partial charge in [-0.05, 0) is 61.6 Å². The number of nitrogens with one attached hydrogen (secondary N) is 1. The van der Waals surface area contributed by atoms with Gasteiger partial charge >= 0.3 is 0 Å². The van der Waals surface area contributed by atoms with Gasteiger partial charge in [-0.2, -0.15) is 0 Å². The van der Waals surface area contributed by atoms with E-state index >= 15 is 0 Å². The predicted molar refractivity (Wildman–Crippen MR) is 117 cm³/mol. The number of ether oxygens (including phenoxy) is 1. The molecule has 0 fully saturated rings. The van der Waals surface area contributed by atoms with Gasteiger partial charge in [0.2, 0.25) is 15.9 Å². The number of amides is 1. The molecule has 158 valence electrons. The van der Waals surface area contributed by atoms with Gasteiger partial charge in [-0.15, -0.1) is 0 Å². The molecular formula is C22H30N2O4S. The molecule has 0 heterocycles. The molecule has 0 aliphatic rings. The Balaban J connectivity index is 2.29. The molecule has 1 amide bonds. The standard InChI is InChI=1S/C22H30N2O4S/c1-7-19(18-10-9-16(3)17(4)13-18)23-22(25)14-24(29(6,26)27)20-12-15(2)8-11-21(20)28-5/h8-13,19H,7,14H2,1-6H3,(H,23,25). The van der Waals surface area contributed by atoms with Gasteiger partial charge in [-0.25, -0.2) is 8.42 Å². The molecule has 0 saturated heterocycles. The lowest BCUT2D eigenvalue weighted by atomic mass is 9.99. The van der Waals surface area contributed by atoms with Crippen LogP contribution in [0.1, 0.15) is 41.6 Å². The average molecular weight is 419 g/mol. The minimum absolute atomic E-state index is 0.192. The fraction of sp³-hybridized carbons (Fsp3) is 0.409. The maximum atomic E-state index is 12.8. The molecule has 2 aromatic rings. The van der Waals surface area contributed by atoms with E-state index in [4.69, 9.17) is 4.74 Å². The van der Waals surface area contributed by atoms with Crippen molar-refractivity contribution in [2.75, 3.05) is 24.2 Å². The molecule has 1 atom stereocenters. The van der Waals surface area contributed by atoms with Crippen LogP contribution in [-0.4, -0.2) is 34.2 Å². The van der Waals surface area contributed by atoms with Crippen molar-refractivity contribution in [1.29, 1.82) is 0 Å². The lowest BCUT2D eigenvalue weighted by Crippen LogP contribution is -2.41. The third-order valence-corrected chi connectivity index (χ3v) is 6.09. The van der Waals surface area contributed by atoms with E-state index in [9.17, 15) is 13.2 Å². The van der Waals surface area contributed by atoms with Crippen LogP contribution in [0.15, 0.2) is 36.4 Å². The van der Waals surface area contributed by atoms with E-state index in [1.807, 2.05) is 45.9 Å². The Labute approximate surface area is 173 Å². The number of nitrogens with zero attached hydrogens (tertiary/aromatic N) is 1. The van der Waals surface area contributed by atoms with Gasteiger partial charge in [0.1, 0.15) is 12.3 Å². The van der Waals surface area contributed by atoms with Crippen LogP contribution in [0, 0.1) is 20.8 Å². The van der Waals surface area contributed by atoms with Crippen LogP contribution in [0.25, 0.3) is 0 Å². The summed E-state index contributed by atoms with van der Waals surface area (Å²) in [5.74, 6) is 0.0269. The van der Waals surface area contributed by atoms with Crippen molar-refractivity contribution < 1.29 is 17.9 Å². The summed E-state index contributed by atoms with van der Waals surface area (Å²) < 4.78 is 31.3. The highest BCUT2D eigenvalue weighted by atomic mass is 32.2. The molecule has 6 nitrogen and oxygen atoms in total. The zero-order chi connectivity index (χ0) is 21.8. The maximum absolute atomic E-state index is 12.8. The third-order valence-electron chi connectivity index (χ3n) is 4.97. The topological polar surface area (TPSA) is 75.7 Å². The molecule has 1 N–H and O–H groups in total. The van der Waals surface area contributed by atoms with Crippen molar-refractivity contribution in [2.24, 2.45) is 0 Å². The second-order valence-corrected chi connectivity index (χ2v) is 9.22. The van der Waals surface area contributed by atoms with Crippen LogP contribution in [0.3, 0.4) is 0 Å². The Kier molecular flexibility index (Phi) is 7.30. The number of carbonyl (C=O) groups excluding carboxylic acids is 1. The smallest absolute Gasteiger partial charge is 0.241 e. The number of hydrogen-bond donors (Lipinski definition) is 1. The highest BCUT2D eigenvalue weighted by Crippen LogP contribution is 2.31. The van der Waals surface area contributed by atoms with E-state index in [2.05, 4.69) is 11.4 Å². The molecule has 29 heavy (non-hydrogen) atoms. The number of aryl methyl sites for hydroxylation is 3. The van der Waals surface area contributed by atoms with Crippen LogP contribution < -0.4 is 14.4 Å². The van der Waals surface area contributed by atoms with Crippen molar-refractivity contribution in [3.8, 4) is 5.75 Å². The fourth-order valence-corrected chi connectivity index (χ4v) is 4.00.